The Labute approximate surface area is 136 Å². The van der Waals surface area contributed by atoms with Crippen molar-refractivity contribution in [3.05, 3.63) is 0 Å². The lowest BCUT2D eigenvalue weighted by Gasteiger charge is -2.36. The van der Waals surface area contributed by atoms with Crippen LogP contribution in [0.1, 0.15) is 19.3 Å². The number of likely N-dealkylation sites (N-methyl/N-ethyl adjacent to an activating group) is 1. The topological polar surface area (TPSA) is 96.2 Å². The standard InChI is InChI=1S/C15H26N4O4/c1-17(10-13(16)20)8-12-9-19(6-7-23-12)15(22)11-18-5-3-2-4-14(18)21/h12H,2-11H2,1H3,(H2,16,20). The van der Waals surface area contributed by atoms with Gasteiger partial charge in [0.15, 0.2) is 0 Å². The Bertz CT molecular complexity index is 457. The Morgan fingerprint density at radius 2 is 2.13 bits per heavy atom. The fraction of sp³-hybridized carbons (Fsp3) is 0.800. The van der Waals surface area contributed by atoms with Gasteiger partial charge >= 0.3 is 0 Å². The van der Waals surface area contributed by atoms with Gasteiger partial charge in [-0.2, -0.15) is 0 Å². The Morgan fingerprint density at radius 1 is 1.35 bits per heavy atom. The summed E-state index contributed by atoms with van der Waals surface area (Å²) in [7, 11) is 1.79. The van der Waals surface area contributed by atoms with Crippen molar-refractivity contribution in [2.24, 2.45) is 5.73 Å². The van der Waals surface area contributed by atoms with Crippen molar-refractivity contribution >= 4 is 17.7 Å². The molecule has 2 N–H and O–H groups in total. The van der Waals surface area contributed by atoms with E-state index >= 15 is 0 Å². The molecule has 0 saturated carbocycles. The first-order valence-electron chi connectivity index (χ1n) is 8.09. The number of carbonyl (C=O) groups excluding carboxylic acids is 3. The highest BCUT2D eigenvalue weighted by molar-refractivity contribution is 5.85. The Morgan fingerprint density at radius 3 is 2.83 bits per heavy atom. The van der Waals surface area contributed by atoms with Gasteiger partial charge in [-0.25, -0.2) is 0 Å². The molecule has 1 unspecified atom stereocenters. The summed E-state index contributed by atoms with van der Waals surface area (Å²) in [6.45, 7) is 3.00. The van der Waals surface area contributed by atoms with E-state index in [1.165, 1.54) is 0 Å². The molecule has 130 valence electrons. The second-order valence-corrected chi connectivity index (χ2v) is 6.27. The van der Waals surface area contributed by atoms with E-state index in [4.69, 9.17) is 10.5 Å². The Hall–Kier alpha value is -1.67. The largest absolute Gasteiger partial charge is 0.373 e. The summed E-state index contributed by atoms with van der Waals surface area (Å²) in [6, 6.07) is 0. The summed E-state index contributed by atoms with van der Waals surface area (Å²) in [5, 5.41) is 0. The molecule has 0 aliphatic carbocycles. The normalized spacial score (nSPS) is 22.5. The number of primary amides is 1. The smallest absolute Gasteiger partial charge is 0.242 e. The third-order valence-corrected chi connectivity index (χ3v) is 4.18. The molecule has 2 aliphatic rings. The molecule has 0 aromatic carbocycles. The SMILES string of the molecule is CN(CC(N)=O)CC1CN(C(=O)CN2CCCCC2=O)CCO1. The number of ether oxygens (including phenoxy) is 1. The minimum atomic E-state index is -0.389. The number of piperidine rings is 1. The second-order valence-electron chi connectivity index (χ2n) is 6.27. The van der Waals surface area contributed by atoms with E-state index in [1.807, 2.05) is 0 Å². The van der Waals surface area contributed by atoms with Crippen LogP contribution in [-0.4, -0.2) is 91.4 Å². The van der Waals surface area contributed by atoms with Gasteiger partial charge in [0.1, 0.15) is 0 Å². The summed E-state index contributed by atoms with van der Waals surface area (Å²) < 4.78 is 5.65. The lowest BCUT2D eigenvalue weighted by atomic mass is 10.1. The van der Waals surface area contributed by atoms with E-state index in [9.17, 15) is 14.4 Å². The van der Waals surface area contributed by atoms with Crippen LogP contribution in [0.4, 0.5) is 0 Å². The van der Waals surface area contributed by atoms with Crippen molar-refractivity contribution in [1.82, 2.24) is 14.7 Å². The zero-order chi connectivity index (χ0) is 16.8. The van der Waals surface area contributed by atoms with Crippen molar-refractivity contribution in [3.8, 4) is 0 Å². The number of carbonyl (C=O) groups is 3. The van der Waals surface area contributed by atoms with Gasteiger partial charge in [-0.3, -0.25) is 19.3 Å². The lowest BCUT2D eigenvalue weighted by molar-refractivity contribution is -0.146. The number of morpholine rings is 1. The molecule has 3 amide bonds. The van der Waals surface area contributed by atoms with Gasteiger partial charge in [0, 0.05) is 32.6 Å². The molecule has 0 bridgehead atoms. The molecule has 0 spiro atoms. The molecule has 2 aliphatic heterocycles. The molecule has 0 radical (unpaired) electrons. The monoisotopic (exact) mass is 326 g/mol. The first-order valence-corrected chi connectivity index (χ1v) is 8.09. The zero-order valence-corrected chi connectivity index (χ0v) is 13.7. The van der Waals surface area contributed by atoms with Gasteiger partial charge in [-0.05, 0) is 19.9 Å². The number of likely N-dealkylation sites (tertiary alicyclic amines) is 1. The van der Waals surface area contributed by atoms with Crippen molar-refractivity contribution in [1.29, 1.82) is 0 Å². The summed E-state index contributed by atoms with van der Waals surface area (Å²) in [6.07, 6.45) is 2.27. The highest BCUT2D eigenvalue weighted by atomic mass is 16.5. The van der Waals surface area contributed by atoms with Crippen LogP contribution in [-0.2, 0) is 19.1 Å². The van der Waals surface area contributed by atoms with E-state index in [1.54, 1.807) is 21.7 Å². The van der Waals surface area contributed by atoms with Crippen LogP contribution in [0.2, 0.25) is 0 Å². The Kier molecular flexibility index (Phi) is 6.35. The summed E-state index contributed by atoms with van der Waals surface area (Å²) in [5.41, 5.74) is 5.17. The first kappa shape index (κ1) is 17.7. The zero-order valence-electron chi connectivity index (χ0n) is 13.7. The van der Waals surface area contributed by atoms with Crippen molar-refractivity contribution in [2.75, 3.05) is 52.9 Å². The van der Waals surface area contributed by atoms with E-state index in [0.29, 0.717) is 39.2 Å². The molecule has 2 saturated heterocycles. The Balaban J connectivity index is 1.81. The van der Waals surface area contributed by atoms with Gasteiger partial charge in [-0.15, -0.1) is 0 Å². The summed E-state index contributed by atoms with van der Waals surface area (Å²) in [4.78, 5) is 40.3. The van der Waals surface area contributed by atoms with Crippen LogP contribution >= 0.6 is 0 Å². The number of nitrogens with zero attached hydrogens (tertiary/aromatic N) is 3. The number of hydrogen-bond acceptors (Lipinski definition) is 5. The fourth-order valence-corrected chi connectivity index (χ4v) is 3.03. The van der Waals surface area contributed by atoms with Crippen LogP contribution in [0.15, 0.2) is 0 Å². The molecule has 0 aromatic heterocycles. The molecule has 23 heavy (non-hydrogen) atoms. The van der Waals surface area contributed by atoms with Crippen LogP contribution in [0.5, 0.6) is 0 Å². The maximum Gasteiger partial charge on any atom is 0.242 e. The molecule has 0 aromatic rings. The van der Waals surface area contributed by atoms with Crippen LogP contribution in [0, 0.1) is 0 Å². The number of amides is 3. The molecular weight excluding hydrogens is 300 g/mol. The molecular formula is C15H26N4O4. The molecule has 1 atom stereocenters. The maximum atomic E-state index is 12.4. The van der Waals surface area contributed by atoms with E-state index in [-0.39, 0.29) is 36.9 Å². The van der Waals surface area contributed by atoms with E-state index < -0.39 is 0 Å². The number of hydrogen-bond donors (Lipinski definition) is 1. The first-order chi connectivity index (χ1) is 11.0. The predicted octanol–water partition coefficient (Wildman–Crippen LogP) is -1.36. The van der Waals surface area contributed by atoms with Gasteiger partial charge in [-0.1, -0.05) is 0 Å². The number of rotatable bonds is 6. The molecule has 2 heterocycles. The third kappa shape index (κ3) is 5.47. The van der Waals surface area contributed by atoms with Gasteiger partial charge in [0.05, 0.1) is 25.8 Å². The summed E-state index contributed by atoms with van der Waals surface area (Å²) in [5.74, 6) is -0.360. The molecule has 2 fully saturated rings. The van der Waals surface area contributed by atoms with E-state index in [0.717, 1.165) is 12.8 Å². The predicted molar refractivity (Wildman–Crippen MR) is 83.4 cm³/mol. The van der Waals surface area contributed by atoms with Crippen molar-refractivity contribution in [3.63, 3.8) is 0 Å². The molecule has 2 rings (SSSR count). The molecule has 8 heteroatoms. The van der Waals surface area contributed by atoms with Gasteiger partial charge in [0.2, 0.25) is 17.7 Å². The van der Waals surface area contributed by atoms with Crippen LogP contribution < -0.4 is 5.73 Å². The fourth-order valence-electron chi connectivity index (χ4n) is 3.03. The molecule has 8 nitrogen and oxygen atoms in total. The third-order valence-electron chi connectivity index (χ3n) is 4.18. The highest BCUT2D eigenvalue weighted by Gasteiger charge is 2.28. The number of nitrogens with two attached hydrogens (primary N) is 1. The van der Waals surface area contributed by atoms with Crippen LogP contribution in [0.3, 0.4) is 0 Å². The second kappa shape index (κ2) is 8.26. The average molecular weight is 326 g/mol. The van der Waals surface area contributed by atoms with E-state index in [2.05, 4.69) is 0 Å². The average Bonchev–Trinajstić information content (AvgIpc) is 2.49. The highest BCUT2D eigenvalue weighted by Crippen LogP contribution is 2.12. The van der Waals surface area contributed by atoms with Crippen molar-refractivity contribution < 1.29 is 19.1 Å². The van der Waals surface area contributed by atoms with Gasteiger partial charge in [0.25, 0.3) is 0 Å². The van der Waals surface area contributed by atoms with Crippen LogP contribution in [0.25, 0.3) is 0 Å². The minimum Gasteiger partial charge on any atom is -0.373 e. The maximum absolute atomic E-state index is 12.4. The minimum absolute atomic E-state index is 0.0360. The summed E-state index contributed by atoms with van der Waals surface area (Å²) >= 11 is 0. The quantitative estimate of drug-likeness (QED) is 0.650. The lowest BCUT2D eigenvalue weighted by Crippen LogP contribution is -2.52. The van der Waals surface area contributed by atoms with Gasteiger partial charge < -0.3 is 20.3 Å². The van der Waals surface area contributed by atoms with Crippen molar-refractivity contribution in [2.45, 2.75) is 25.4 Å².